The smallest absolute Gasteiger partial charge is 0.276 e. The van der Waals surface area contributed by atoms with Crippen LogP contribution in [0, 0.1) is 0 Å². The molecule has 1 unspecified atom stereocenters. The van der Waals surface area contributed by atoms with E-state index >= 15 is 0 Å². The molecule has 6 heteroatoms. The Morgan fingerprint density at radius 1 is 1.16 bits per heavy atom. The third kappa shape index (κ3) is 6.27. The molecule has 0 heterocycles. The number of Topliss-reactive ketones (excluding diaryl/α,β-unsaturated/α-hetero) is 1. The van der Waals surface area contributed by atoms with E-state index in [4.69, 9.17) is 3.63 Å². The molecule has 0 N–H and O–H groups in total. The zero-order valence-corrected chi connectivity index (χ0v) is 14.6. The van der Waals surface area contributed by atoms with Crippen LogP contribution in [0.3, 0.4) is 0 Å². The fourth-order valence-electron chi connectivity index (χ4n) is 1.34. The number of carbonyl (C=O) groups excluding carboxylic acids is 1. The molecule has 0 saturated heterocycles. The van der Waals surface area contributed by atoms with Crippen molar-refractivity contribution in [3.63, 3.8) is 0 Å². The Morgan fingerprint density at radius 3 is 2.05 bits per heavy atom. The van der Waals surface area contributed by atoms with Gasteiger partial charge in [-0.25, -0.2) is 3.63 Å². The first-order valence-electron chi connectivity index (χ1n) is 6.68. The van der Waals surface area contributed by atoms with Crippen LogP contribution in [0.2, 0.25) is 0 Å². The molecule has 0 aliphatic heterocycles. The molecule has 0 rings (SSSR count). The highest BCUT2D eigenvalue weighted by Gasteiger charge is 2.39. The number of ketones is 1. The van der Waals surface area contributed by atoms with Crippen LogP contribution in [-0.4, -0.2) is 36.7 Å². The summed E-state index contributed by atoms with van der Waals surface area (Å²) < 4.78 is 29.2. The van der Waals surface area contributed by atoms with E-state index in [1.807, 2.05) is 27.7 Å². The predicted molar refractivity (Wildman–Crippen MR) is 83.2 cm³/mol. The average molecular weight is 312 g/mol. The van der Waals surface area contributed by atoms with Crippen LogP contribution in [0.4, 0.5) is 0 Å². The molecule has 0 aromatic heterocycles. The minimum absolute atomic E-state index is 0.0302. The Hall–Kier alpha value is -0.0700. The number of rotatable bonds is 8. The van der Waals surface area contributed by atoms with E-state index in [1.165, 1.54) is 0 Å². The summed E-state index contributed by atoms with van der Waals surface area (Å²) in [6.07, 6.45) is 3.60. The highest BCUT2D eigenvalue weighted by molar-refractivity contribution is 8.33. The minimum Gasteiger partial charge on any atom is -0.299 e. The molecule has 0 aromatic carbocycles. The van der Waals surface area contributed by atoms with Crippen molar-refractivity contribution in [3.05, 3.63) is 0 Å². The minimum atomic E-state index is -3.55. The number of hydrogen-bond acceptors (Lipinski definition) is 4. The molecule has 4 nitrogen and oxygen atoms in total. The molecule has 0 aromatic rings. The van der Waals surface area contributed by atoms with Gasteiger partial charge in [0.1, 0.15) is 5.78 Å². The summed E-state index contributed by atoms with van der Waals surface area (Å²) in [5, 5.41) is 0. The summed E-state index contributed by atoms with van der Waals surface area (Å²) in [6, 6.07) is 0. The van der Waals surface area contributed by atoms with Crippen LogP contribution in [-0.2, 0) is 18.5 Å². The molecule has 0 spiro atoms. The first kappa shape index (κ1) is 18.9. The molecule has 0 bridgehead atoms. The van der Waals surface area contributed by atoms with Crippen molar-refractivity contribution in [1.29, 1.82) is 0 Å². The summed E-state index contributed by atoms with van der Waals surface area (Å²) >= 11 is 0. The van der Waals surface area contributed by atoms with Crippen LogP contribution in [0.1, 0.15) is 53.9 Å². The van der Waals surface area contributed by atoms with Gasteiger partial charge in [0.25, 0.3) is 10.1 Å². The highest BCUT2D eigenvalue weighted by atomic mass is 32.3. The lowest BCUT2D eigenvalue weighted by molar-refractivity contribution is -0.116. The van der Waals surface area contributed by atoms with E-state index in [1.54, 1.807) is 13.2 Å². The lowest BCUT2D eigenvalue weighted by Gasteiger charge is -2.45. The molecular formula is C13H28O4S2. The Balaban J connectivity index is 5.13. The van der Waals surface area contributed by atoms with E-state index in [2.05, 4.69) is 0 Å². The van der Waals surface area contributed by atoms with Crippen LogP contribution in [0.25, 0.3) is 0 Å². The normalized spacial score (nSPS) is 17.8. The summed E-state index contributed by atoms with van der Waals surface area (Å²) in [7, 11) is -5.55. The summed E-state index contributed by atoms with van der Waals surface area (Å²) in [5.74, 6) is 0.291. The van der Waals surface area contributed by atoms with Gasteiger partial charge in [-0.2, -0.15) is 8.42 Å². The van der Waals surface area contributed by atoms with E-state index in [0.717, 1.165) is 6.42 Å². The highest BCUT2D eigenvalue weighted by Crippen LogP contribution is 2.58. The predicted octanol–water partition coefficient (Wildman–Crippen LogP) is 3.26. The zero-order chi connectivity index (χ0) is 15.3. The standard InChI is InChI=1S/C13H28O4S2/c1-7-9-10-19(15,16)17-18(6,13(3,4)5)11-12(14)8-2/h7-11H2,1-6H3. The maximum atomic E-state index is 12.0. The lowest BCUT2D eigenvalue weighted by atomic mass is 10.3. The van der Waals surface area contributed by atoms with Crippen molar-refractivity contribution < 1.29 is 16.8 Å². The molecule has 0 amide bonds. The quantitative estimate of drug-likeness (QED) is 0.690. The van der Waals surface area contributed by atoms with Gasteiger partial charge in [0.2, 0.25) is 0 Å². The maximum absolute atomic E-state index is 12.0. The van der Waals surface area contributed by atoms with Gasteiger partial charge >= 0.3 is 0 Å². The van der Waals surface area contributed by atoms with Gasteiger partial charge < -0.3 is 0 Å². The van der Waals surface area contributed by atoms with E-state index in [0.29, 0.717) is 12.8 Å². The number of hydrogen-bond donors (Lipinski definition) is 0. The second kappa shape index (κ2) is 7.09. The Bertz CT molecular complexity index is 395. The lowest BCUT2D eigenvalue weighted by Crippen LogP contribution is -2.33. The topological polar surface area (TPSA) is 60.4 Å². The van der Waals surface area contributed by atoms with Gasteiger partial charge in [0.05, 0.1) is 11.5 Å². The molecule has 0 radical (unpaired) electrons. The van der Waals surface area contributed by atoms with E-state index in [-0.39, 0.29) is 22.0 Å². The van der Waals surface area contributed by atoms with Crippen molar-refractivity contribution >= 4 is 26.2 Å². The fraction of sp³-hybridized carbons (Fsp3) is 0.923. The third-order valence-corrected chi connectivity index (χ3v) is 9.41. The Labute approximate surface area is 119 Å². The van der Waals surface area contributed by atoms with Gasteiger partial charge in [-0.15, -0.1) is 10.3 Å². The zero-order valence-electron chi connectivity index (χ0n) is 13.0. The molecule has 116 valence electrons. The van der Waals surface area contributed by atoms with E-state index < -0.39 is 20.4 Å². The summed E-state index contributed by atoms with van der Waals surface area (Å²) in [6.45, 7) is 9.52. The van der Waals surface area contributed by atoms with Crippen molar-refractivity contribution in [2.75, 3.05) is 17.8 Å². The molecule has 1 atom stereocenters. The number of carbonyl (C=O) groups is 1. The van der Waals surface area contributed by atoms with Crippen molar-refractivity contribution in [3.8, 4) is 0 Å². The number of unbranched alkanes of at least 4 members (excludes halogenated alkanes) is 1. The van der Waals surface area contributed by atoms with Gasteiger partial charge in [-0.05, 0) is 12.7 Å². The largest absolute Gasteiger partial charge is 0.299 e. The molecule has 0 aliphatic rings. The molecule has 19 heavy (non-hydrogen) atoms. The maximum Gasteiger partial charge on any atom is 0.276 e. The SMILES string of the molecule is CCCCS(=O)(=O)OS(C)(CC(=O)CC)C(C)(C)C. The second-order valence-electron chi connectivity index (χ2n) is 5.84. The van der Waals surface area contributed by atoms with Crippen molar-refractivity contribution in [1.82, 2.24) is 0 Å². The van der Waals surface area contributed by atoms with Crippen LogP contribution < -0.4 is 0 Å². The first-order chi connectivity index (χ1) is 8.47. The van der Waals surface area contributed by atoms with Crippen LogP contribution in [0.15, 0.2) is 0 Å². The fourth-order valence-corrected chi connectivity index (χ4v) is 6.34. The average Bonchev–Trinajstić information content (AvgIpc) is 2.23. The summed E-state index contributed by atoms with van der Waals surface area (Å²) in [4.78, 5) is 11.7. The molecular weight excluding hydrogens is 284 g/mol. The van der Waals surface area contributed by atoms with Crippen LogP contribution >= 0.6 is 10.3 Å². The van der Waals surface area contributed by atoms with Gasteiger partial charge in [0.15, 0.2) is 0 Å². The van der Waals surface area contributed by atoms with Crippen molar-refractivity contribution in [2.45, 2.75) is 58.6 Å². The Morgan fingerprint density at radius 2 is 1.68 bits per heavy atom. The van der Waals surface area contributed by atoms with Gasteiger partial charge in [-0.3, -0.25) is 4.79 Å². The molecule has 0 fully saturated rings. The second-order valence-corrected chi connectivity index (χ2v) is 11.4. The summed E-state index contributed by atoms with van der Waals surface area (Å²) in [5.41, 5.74) is 0. The molecule has 0 aliphatic carbocycles. The monoisotopic (exact) mass is 312 g/mol. The Kier molecular flexibility index (Phi) is 7.06. The van der Waals surface area contributed by atoms with Crippen LogP contribution in [0.5, 0.6) is 0 Å². The van der Waals surface area contributed by atoms with Crippen molar-refractivity contribution in [2.24, 2.45) is 0 Å². The third-order valence-electron chi connectivity index (χ3n) is 3.13. The first-order valence-corrected chi connectivity index (χ1v) is 10.4. The van der Waals surface area contributed by atoms with E-state index in [9.17, 15) is 13.2 Å². The van der Waals surface area contributed by atoms with Gasteiger partial charge in [0, 0.05) is 11.2 Å². The van der Waals surface area contributed by atoms with Gasteiger partial charge in [-0.1, -0.05) is 41.0 Å². The molecule has 0 saturated carbocycles.